The normalized spacial score (nSPS) is 25.7. The molecule has 82 valence electrons. The summed E-state index contributed by atoms with van der Waals surface area (Å²) in [5, 5.41) is 22.1. The zero-order valence-electron chi connectivity index (χ0n) is 8.33. The maximum atomic E-state index is 10.5. The molecule has 2 atom stereocenters. The molecule has 0 saturated heterocycles. The van der Waals surface area contributed by atoms with Gasteiger partial charge in [0.05, 0.1) is 24.8 Å². The Morgan fingerprint density at radius 2 is 2.40 bits per heavy atom. The van der Waals surface area contributed by atoms with Crippen molar-refractivity contribution in [2.75, 3.05) is 0 Å². The first kappa shape index (κ1) is 10.2. The molecule has 2 N–H and O–H groups in total. The number of aromatic nitrogens is 2. The molecule has 1 saturated carbocycles. The van der Waals surface area contributed by atoms with Crippen molar-refractivity contribution < 1.29 is 15.0 Å². The summed E-state index contributed by atoms with van der Waals surface area (Å²) in [5.74, 6) is -0.846. The second-order valence-electron chi connectivity index (χ2n) is 4.02. The third-order valence-electron chi connectivity index (χ3n) is 2.76. The van der Waals surface area contributed by atoms with Crippen LogP contribution in [0.25, 0.3) is 0 Å². The standard InChI is InChI=1S/C10H14N2O3/c13-9-2-1-8(4-9)12-6-7(5-11-12)3-10(14)15/h5-6,8-9,13H,1-4H2,(H,14,15). The third-order valence-corrected chi connectivity index (χ3v) is 2.76. The Balaban J connectivity index is 2.03. The van der Waals surface area contributed by atoms with Gasteiger partial charge in [-0.1, -0.05) is 0 Å². The maximum Gasteiger partial charge on any atom is 0.307 e. The highest BCUT2D eigenvalue weighted by Gasteiger charge is 2.24. The van der Waals surface area contributed by atoms with Crippen LogP contribution in [0.5, 0.6) is 0 Å². The maximum absolute atomic E-state index is 10.5. The van der Waals surface area contributed by atoms with Crippen molar-refractivity contribution in [1.82, 2.24) is 9.78 Å². The quantitative estimate of drug-likeness (QED) is 0.765. The summed E-state index contributed by atoms with van der Waals surface area (Å²) in [5.41, 5.74) is 0.712. The molecular formula is C10H14N2O3. The Morgan fingerprint density at radius 1 is 1.60 bits per heavy atom. The van der Waals surface area contributed by atoms with Gasteiger partial charge in [-0.25, -0.2) is 0 Å². The molecule has 1 heterocycles. The summed E-state index contributed by atoms with van der Waals surface area (Å²) in [7, 11) is 0. The predicted molar refractivity (Wildman–Crippen MR) is 52.5 cm³/mol. The molecule has 2 unspecified atom stereocenters. The number of rotatable bonds is 3. The van der Waals surface area contributed by atoms with Gasteiger partial charge in [0.15, 0.2) is 0 Å². The van der Waals surface area contributed by atoms with E-state index in [1.54, 1.807) is 17.1 Å². The van der Waals surface area contributed by atoms with E-state index in [1.165, 1.54) is 0 Å². The van der Waals surface area contributed by atoms with Crippen LogP contribution in [0.15, 0.2) is 12.4 Å². The van der Waals surface area contributed by atoms with E-state index < -0.39 is 5.97 Å². The van der Waals surface area contributed by atoms with Gasteiger partial charge in [0.2, 0.25) is 0 Å². The average Bonchev–Trinajstić information content (AvgIpc) is 2.72. The Hall–Kier alpha value is -1.36. The summed E-state index contributed by atoms with van der Waals surface area (Å²) >= 11 is 0. The molecule has 1 aliphatic carbocycles. The van der Waals surface area contributed by atoms with Gasteiger partial charge >= 0.3 is 5.97 Å². The number of hydrogen-bond acceptors (Lipinski definition) is 3. The van der Waals surface area contributed by atoms with E-state index in [0.717, 1.165) is 12.8 Å². The predicted octanol–water partition coefficient (Wildman–Crippen LogP) is 0.596. The summed E-state index contributed by atoms with van der Waals surface area (Å²) in [4.78, 5) is 10.5. The van der Waals surface area contributed by atoms with Gasteiger partial charge in [-0.2, -0.15) is 5.10 Å². The van der Waals surface area contributed by atoms with Crippen LogP contribution in [0.3, 0.4) is 0 Å². The molecule has 0 spiro atoms. The SMILES string of the molecule is O=C(O)Cc1cnn(C2CCC(O)C2)c1. The Bertz CT molecular complexity index is 361. The van der Waals surface area contributed by atoms with Crippen LogP contribution in [0.1, 0.15) is 30.9 Å². The number of hydrogen-bond donors (Lipinski definition) is 2. The molecule has 1 fully saturated rings. The van der Waals surface area contributed by atoms with Crippen LogP contribution in [-0.4, -0.2) is 32.1 Å². The first-order chi connectivity index (χ1) is 7.15. The third kappa shape index (κ3) is 2.36. The molecule has 0 radical (unpaired) electrons. The van der Waals surface area contributed by atoms with Crippen molar-refractivity contribution in [2.24, 2.45) is 0 Å². The molecule has 1 aliphatic rings. The van der Waals surface area contributed by atoms with E-state index in [4.69, 9.17) is 5.11 Å². The van der Waals surface area contributed by atoms with Crippen LogP contribution >= 0.6 is 0 Å². The van der Waals surface area contributed by atoms with Crippen LogP contribution in [-0.2, 0) is 11.2 Å². The lowest BCUT2D eigenvalue weighted by atomic mass is 10.2. The van der Waals surface area contributed by atoms with E-state index >= 15 is 0 Å². The Kier molecular flexibility index (Phi) is 2.73. The average molecular weight is 210 g/mol. The molecule has 1 aromatic rings. The van der Waals surface area contributed by atoms with Gasteiger partial charge < -0.3 is 10.2 Å². The molecule has 2 rings (SSSR count). The number of aliphatic hydroxyl groups is 1. The van der Waals surface area contributed by atoms with Crippen molar-refractivity contribution in [3.8, 4) is 0 Å². The largest absolute Gasteiger partial charge is 0.481 e. The molecule has 5 heteroatoms. The molecule has 0 bridgehead atoms. The molecule has 0 aromatic carbocycles. The second-order valence-corrected chi connectivity index (χ2v) is 4.02. The number of nitrogens with zero attached hydrogens (tertiary/aromatic N) is 2. The number of carbonyl (C=O) groups is 1. The van der Waals surface area contributed by atoms with Crippen molar-refractivity contribution >= 4 is 5.97 Å². The summed E-state index contributed by atoms with van der Waals surface area (Å²) in [6, 6.07) is 0.225. The summed E-state index contributed by atoms with van der Waals surface area (Å²) in [6.07, 6.45) is 5.55. The first-order valence-corrected chi connectivity index (χ1v) is 5.08. The minimum atomic E-state index is -0.846. The monoisotopic (exact) mass is 210 g/mol. The molecule has 0 aliphatic heterocycles. The van der Waals surface area contributed by atoms with Crippen molar-refractivity contribution in [2.45, 2.75) is 37.8 Å². The van der Waals surface area contributed by atoms with Gasteiger partial charge in [0, 0.05) is 11.8 Å². The van der Waals surface area contributed by atoms with Crippen LogP contribution in [0, 0.1) is 0 Å². The zero-order valence-corrected chi connectivity index (χ0v) is 8.33. The molecule has 0 amide bonds. The van der Waals surface area contributed by atoms with Crippen molar-refractivity contribution in [3.05, 3.63) is 18.0 Å². The van der Waals surface area contributed by atoms with E-state index in [0.29, 0.717) is 12.0 Å². The highest BCUT2D eigenvalue weighted by molar-refractivity contribution is 5.69. The number of aliphatic carboxylic acids is 1. The zero-order chi connectivity index (χ0) is 10.8. The lowest BCUT2D eigenvalue weighted by Gasteiger charge is -2.08. The fraction of sp³-hybridized carbons (Fsp3) is 0.600. The fourth-order valence-corrected chi connectivity index (χ4v) is 2.02. The molecular weight excluding hydrogens is 196 g/mol. The van der Waals surface area contributed by atoms with Gasteiger partial charge in [-0.15, -0.1) is 0 Å². The van der Waals surface area contributed by atoms with Crippen LogP contribution in [0.4, 0.5) is 0 Å². The number of aliphatic hydroxyl groups excluding tert-OH is 1. The van der Waals surface area contributed by atoms with Crippen LogP contribution in [0.2, 0.25) is 0 Å². The Morgan fingerprint density at radius 3 is 3.00 bits per heavy atom. The fourth-order valence-electron chi connectivity index (χ4n) is 2.02. The van der Waals surface area contributed by atoms with Gasteiger partial charge in [-0.05, 0) is 19.3 Å². The molecule has 15 heavy (non-hydrogen) atoms. The second kappa shape index (κ2) is 4.02. The van der Waals surface area contributed by atoms with E-state index in [-0.39, 0.29) is 18.6 Å². The molecule has 5 nitrogen and oxygen atoms in total. The smallest absolute Gasteiger partial charge is 0.307 e. The van der Waals surface area contributed by atoms with Crippen molar-refractivity contribution in [1.29, 1.82) is 0 Å². The molecule has 1 aromatic heterocycles. The van der Waals surface area contributed by atoms with Gasteiger partial charge in [0.1, 0.15) is 0 Å². The number of carboxylic acids is 1. The van der Waals surface area contributed by atoms with Crippen molar-refractivity contribution in [3.63, 3.8) is 0 Å². The highest BCUT2D eigenvalue weighted by atomic mass is 16.4. The minimum absolute atomic E-state index is 0.00920. The van der Waals surface area contributed by atoms with Crippen LogP contribution < -0.4 is 0 Å². The van der Waals surface area contributed by atoms with Gasteiger partial charge in [-0.3, -0.25) is 9.48 Å². The summed E-state index contributed by atoms with van der Waals surface area (Å²) in [6.45, 7) is 0. The lowest BCUT2D eigenvalue weighted by molar-refractivity contribution is -0.136. The highest BCUT2D eigenvalue weighted by Crippen LogP contribution is 2.29. The Labute approximate surface area is 87.3 Å². The lowest BCUT2D eigenvalue weighted by Crippen LogP contribution is -2.07. The first-order valence-electron chi connectivity index (χ1n) is 5.08. The van der Waals surface area contributed by atoms with E-state index in [9.17, 15) is 9.90 Å². The van der Waals surface area contributed by atoms with Gasteiger partial charge in [0.25, 0.3) is 0 Å². The van der Waals surface area contributed by atoms with E-state index in [2.05, 4.69) is 5.10 Å². The van der Waals surface area contributed by atoms with E-state index in [1.807, 2.05) is 0 Å². The minimum Gasteiger partial charge on any atom is -0.481 e. The number of carboxylic acid groups (broad SMARTS) is 1. The summed E-state index contributed by atoms with van der Waals surface area (Å²) < 4.78 is 1.77. The topological polar surface area (TPSA) is 75.3 Å².